The highest BCUT2D eigenvalue weighted by molar-refractivity contribution is 6.18. The summed E-state index contributed by atoms with van der Waals surface area (Å²) in [6, 6.07) is 0. The summed E-state index contributed by atoms with van der Waals surface area (Å²) < 4.78 is 0. The lowest BCUT2D eigenvalue weighted by molar-refractivity contribution is 0.229. The Morgan fingerprint density at radius 1 is 1.62 bits per heavy atom. The SMILES string of the molecule is CNC1(CCl)CCC1. The van der Waals surface area contributed by atoms with Gasteiger partial charge in [0.15, 0.2) is 0 Å². The average Bonchev–Trinajstić information content (AvgIpc) is 1.67. The van der Waals surface area contributed by atoms with Crippen LogP contribution in [0.3, 0.4) is 0 Å². The van der Waals surface area contributed by atoms with Gasteiger partial charge in [-0.05, 0) is 26.3 Å². The lowest BCUT2D eigenvalue weighted by Crippen LogP contribution is -2.50. The van der Waals surface area contributed by atoms with Crippen LogP contribution in [0.1, 0.15) is 19.3 Å². The third-order valence-corrected chi connectivity index (χ3v) is 2.61. The lowest BCUT2D eigenvalue weighted by atomic mass is 9.79. The molecule has 2 heteroatoms. The van der Waals surface area contributed by atoms with Gasteiger partial charge in [-0.3, -0.25) is 0 Å². The van der Waals surface area contributed by atoms with E-state index in [4.69, 9.17) is 11.6 Å². The van der Waals surface area contributed by atoms with E-state index in [-0.39, 0.29) is 0 Å². The van der Waals surface area contributed by atoms with Crippen molar-refractivity contribution < 1.29 is 0 Å². The van der Waals surface area contributed by atoms with Crippen LogP contribution in [0.15, 0.2) is 0 Å². The van der Waals surface area contributed by atoms with Gasteiger partial charge >= 0.3 is 0 Å². The van der Waals surface area contributed by atoms with E-state index >= 15 is 0 Å². The second-order valence-electron chi connectivity index (χ2n) is 2.52. The van der Waals surface area contributed by atoms with Gasteiger partial charge in [-0.2, -0.15) is 0 Å². The fourth-order valence-electron chi connectivity index (χ4n) is 1.05. The number of hydrogen-bond donors (Lipinski definition) is 1. The van der Waals surface area contributed by atoms with Gasteiger partial charge < -0.3 is 5.32 Å². The molecule has 0 aromatic heterocycles. The molecule has 0 atom stereocenters. The third kappa shape index (κ3) is 0.848. The normalized spacial score (nSPS) is 24.8. The zero-order valence-electron chi connectivity index (χ0n) is 5.21. The summed E-state index contributed by atoms with van der Waals surface area (Å²) >= 11 is 5.70. The standard InChI is InChI=1S/C6H12ClN/c1-8-6(5-7)3-2-4-6/h8H,2-5H2,1H3. The van der Waals surface area contributed by atoms with Crippen LogP contribution in [-0.4, -0.2) is 18.5 Å². The number of rotatable bonds is 2. The third-order valence-electron chi connectivity index (χ3n) is 2.10. The van der Waals surface area contributed by atoms with E-state index in [1.54, 1.807) is 0 Å². The van der Waals surface area contributed by atoms with Crippen LogP contribution in [0.4, 0.5) is 0 Å². The Morgan fingerprint density at radius 2 is 2.25 bits per heavy atom. The molecule has 0 spiro atoms. The van der Waals surface area contributed by atoms with Crippen molar-refractivity contribution in [3.8, 4) is 0 Å². The van der Waals surface area contributed by atoms with Crippen LogP contribution < -0.4 is 5.32 Å². The van der Waals surface area contributed by atoms with Gasteiger partial charge in [0.1, 0.15) is 0 Å². The molecule has 1 fully saturated rings. The summed E-state index contributed by atoms with van der Waals surface area (Å²) in [6.07, 6.45) is 3.85. The van der Waals surface area contributed by atoms with Gasteiger partial charge in [-0.25, -0.2) is 0 Å². The van der Waals surface area contributed by atoms with Crippen LogP contribution in [0.25, 0.3) is 0 Å². The highest BCUT2D eigenvalue weighted by Crippen LogP contribution is 2.31. The fourth-order valence-corrected chi connectivity index (χ4v) is 1.45. The average molecular weight is 134 g/mol. The first-order valence-electron chi connectivity index (χ1n) is 3.08. The van der Waals surface area contributed by atoms with E-state index in [0.717, 1.165) is 5.88 Å². The molecule has 1 rings (SSSR count). The summed E-state index contributed by atoms with van der Waals surface area (Å²) in [5.41, 5.74) is 0.321. The molecule has 0 amide bonds. The fraction of sp³-hybridized carbons (Fsp3) is 1.00. The van der Waals surface area contributed by atoms with Crippen LogP contribution >= 0.6 is 11.6 Å². The van der Waals surface area contributed by atoms with Gasteiger partial charge in [-0.15, -0.1) is 11.6 Å². The first kappa shape index (κ1) is 6.37. The summed E-state index contributed by atoms with van der Waals surface area (Å²) in [7, 11) is 1.99. The number of halogens is 1. The van der Waals surface area contributed by atoms with E-state index in [9.17, 15) is 0 Å². The Morgan fingerprint density at radius 3 is 2.25 bits per heavy atom. The van der Waals surface area contributed by atoms with Crippen LogP contribution in [0, 0.1) is 0 Å². The van der Waals surface area contributed by atoms with Gasteiger partial charge in [0.2, 0.25) is 0 Å². The highest BCUT2D eigenvalue weighted by atomic mass is 35.5. The minimum absolute atomic E-state index is 0.321. The largest absolute Gasteiger partial charge is 0.313 e. The molecule has 0 aromatic rings. The zero-order chi connectivity index (χ0) is 6.04. The predicted molar refractivity (Wildman–Crippen MR) is 36.4 cm³/mol. The Hall–Kier alpha value is 0.250. The Kier molecular flexibility index (Phi) is 1.78. The minimum Gasteiger partial charge on any atom is -0.313 e. The molecular formula is C6H12ClN. The molecule has 48 valence electrons. The van der Waals surface area contributed by atoms with E-state index < -0.39 is 0 Å². The zero-order valence-corrected chi connectivity index (χ0v) is 5.96. The summed E-state index contributed by atoms with van der Waals surface area (Å²) in [4.78, 5) is 0. The van der Waals surface area contributed by atoms with Crippen molar-refractivity contribution in [2.45, 2.75) is 24.8 Å². The van der Waals surface area contributed by atoms with Crippen molar-refractivity contribution in [3.05, 3.63) is 0 Å². The summed E-state index contributed by atoms with van der Waals surface area (Å²) in [5.74, 6) is 0.767. The van der Waals surface area contributed by atoms with Crippen molar-refractivity contribution in [1.82, 2.24) is 5.32 Å². The van der Waals surface area contributed by atoms with Gasteiger partial charge in [0.05, 0.1) is 0 Å². The maximum Gasteiger partial charge on any atom is 0.0405 e. The molecular weight excluding hydrogens is 122 g/mol. The van der Waals surface area contributed by atoms with Crippen LogP contribution in [-0.2, 0) is 0 Å². The molecule has 8 heavy (non-hydrogen) atoms. The van der Waals surface area contributed by atoms with Crippen molar-refractivity contribution >= 4 is 11.6 Å². The summed E-state index contributed by atoms with van der Waals surface area (Å²) in [5, 5.41) is 3.23. The smallest absolute Gasteiger partial charge is 0.0405 e. The first-order chi connectivity index (χ1) is 3.83. The molecule has 0 radical (unpaired) electrons. The molecule has 0 aromatic carbocycles. The van der Waals surface area contributed by atoms with Crippen LogP contribution in [0.2, 0.25) is 0 Å². The van der Waals surface area contributed by atoms with E-state index in [1.807, 2.05) is 7.05 Å². The van der Waals surface area contributed by atoms with Gasteiger partial charge in [-0.1, -0.05) is 0 Å². The van der Waals surface area contributed by atoms with Crippen molar-refractivity contribution in [2.75, 3.05) is 12.9 Å². The van der Waals surface area contributed by atoms with E-state index in [2.05, 4.69) is 5.32 Å². The molecule has 0 unspecified atom stereocenters. The maximum absolute atomic E-state index is 5.70. The number of nitrogens with one attached hydrogen (secondary N) is 1. The molecule has 1 N–H and O–H groups in total. The number of hydrogen-bond acceptors (Lipinski definition) is 1. The first-order valence-corrected chi connectivity index (χ1v) is 3.61. The maximum atomic E-state index is 5.70. The highest BCUT2D eigenvalue weighted by Gasteiger charge is 2.33. The predicted octanol–water partition coefficient (Wildman–Crippen LogP) is 1.37. The Bertz CT molecular complexity index is 65.1. The number of alkyl halides is 1. The van der Waals surface area contributed by atoms with Crippen LogP contribution in [0.5, 0.6) is 0 Å². The Balaban J connectivity index is 2.33. The minimum atomic E-state index is 0.321. The van der Waals surface area contributed by atoms with E-state index in [0.29, 0.717) is 5.54 Å². The quantitative estimate of drug-likeness (QED) is 0.561. The Labute approximate surface area is 55.4 Å². The molecule has 0 heterocycles. The monoisotopic (exact) mass is 133 g/mol. The molecule has 1 aliphatic rings. The molecule has 1 nitrogen and oxygen atoms in total. The van der Waals surface area contributed by atoms with Crippen molar-refractivity contribution in [2.24, 2.45) is 0 Å². The van der Waals surface area contributed by atoms with E-state index in [1.165, 1.54) is 19.3 Å². The van der Waals surface area contributed by atoms with Gasteiger partial charge in [0.25, 0.3) is 0 Å². The molecule has 1 saturated carbocycles. The topological polar surface area (TPSA) is 12.0 Å². The molecule has 1 aliphatic carbocycles. The van der Waals surface area contributed by atoms with Crippen molar-refractivity contribution in [3.63, 3.8) is 0 Å². The lowest BCUT2D eigenvalue weighted by Gasteiger charge is -2.39. The van der Waals surface area contributed by atoms with Gasteiger partial charge in [0, 0.05) is 11.4 Å². The van der Waals surface area contributed by atoms with Crippen molar-refractivity contribution in [1.29, 1.82) is 0 Å². The molecule has 0 saturated heterocycles. The summed E-state index contributed by atoms with van der Waals surface area (Å²) in [6.45, 7) is 0. The second kappa shape index (κ2) is 2.24. The molecule has 0 bridgehead atoms. The molecule has 0 aliphatic heterocycles. The second-order valence-corrected chi connectivity index (χ2v) is 2.78.